The van der Waals surface area contributed by atoms with Gasteiger partial charge >= 0.3 is 0 Å². The Kier molecular flexibility index (Phi) is 5.65. The standard InChI is InChI=1S/C19H18N2O3/c1-22-17-9-14(10-18(23-2)19(17)24-3)8-16(12-21)15-6-4-13(11-20)5-7-15/h4-7,9-10,16H,8H2,1-3H3. The van der Waals surface area contributed by atoms with E-state index in [1.54, 1.807) is 33.5 Å². The van der Waals surface area contributed by atoms with E-state index in [2.05, 4.69) is 12.1 Å². The summed E-state index contributed by atoms with van der Waals surface area (Å²) in [5, 5.41) is 18.4. The first-order valence-corrected chi connectivity index (χ1v) is 7.35. The largest absolute Gasteiger partial charge is 0.493 e. The fourth-order valence-electron chi connectivity index (χ4n) is 2.52. The van der Waals surface area contributed by atoms with Gasteiger partial charge in [-0.05, 0) is 41.8 Å². The third kappa shape index (κ3) is 3.59. The summed E-state index contributed by atoms with van der Waals surface area (Å²) >= 11 is 0. The molecule has 0 aromatic heterocycles. The number of benzene rings is 2. The zero-order valence-corrected chi connectivity index (χ0v) is 13.9. The summed E-state index contributed by atoms with van der Waals surface area (Å²) in [6.07, 6.45) is 0.499. The lowest BCUT2D eigenvalue weighted by atomic mass is 9.92. The van der Waals surface area contributed by atoms with Gasteiger partial charge in [0.25, 0.3) is 0 Å². The Balaban J connectivity index is 2.34. The molecule has 0 saturated heterocycles. The molecular weight excluding hydrogens is 304 g/mol. The highest BCUT2D eigenvalue weighted by atomic mass is 16.5. The summed E-state index contributed by atoms with van der Waals surface area (Å²) in [5.41, 5.74) is 2.34. The van der Waals surface area contributed by atoms with Crippen LogP contribution in [0.3, 0.4) is 0 Å². The Labute approximate surface area is 141 Å². The third-order valence-corrected chi connectivity index (χ3v) is 3.76. The molecule has 2 aromatic rings. The van der Waals surface area contributed by atoms with Gasteiger partial charge in [0.1, 0.15) is 0 Å². The Bertz CT molecular complexity index is 761. The minimum Gasteiger partial charge on any atom is -0.493 e. The third-order valence-electron chi connectivity index (χ3n) is 3.76. The molecule has 0 aliphatic rings. The average molecular weight is 322 g/mol. The fourth-order valence-corrected chi connectivity index (χ4v) is 2.52. The quantitative estimate of drug-likeness (QED) is 0.814. The zero-order chi connectivity index (χ0) is 17.5. The van der Waals surface area contributed by atoms with Crippen molar-refractivity contribution in [2.75, 3.05) is 21.3 Å². The monoisotopic (exact) mass is 322 g/mol. The van der Waals surface area contributed by atoms with E-state index in [4.69, 9.17) is 19.5 Å². The highest BCUT2D eigenvalue weighted by Crippen LogP contribution is 2.39. The maximum atomic E-state index is 9.52. The van der Waals surface area contributed by atoms with E-state index < -0.39 is 0 Å². The van der Waals surface area contributed by atoms with E-state index in [0.717, 1.165) is 11.1 Å². The van der Waals surface area contributed by atoms with Crippen LogP contribution in [-0.2, 0) is 6.42 Å². The van der Waals surface area contributed by atoms with Gasteiger partial charge in [0.05, 0.1) is 44.9 Å². The van der Waals surface area contributed by atoms with Crippen LogP contribution in [0.4, 0.5) is 0 Å². The number of nitrogens with zero attached hydrogens (tertiary/aromatic N) is 2. The summed E-state index contributed by atoms with van der Waals surface area (Å²) in [6.45, 7) is 0. The molecule has 0 spiro atoms. The number of ether oxygens (including phenoxy) is 3. The van der Waals surface area contributed by atoms with Crippen molar-refractivity contribution in [1.29, 1.82) is 10.5 Å². The van der Waals surface area contributed by atoms with E-state index in [1.165, 1.54) is 0 Å². The van der Waals surface area contributed by atoms with Crippen molar-refractivity contribution in [3.05, 3.63) is 53.1 Å². The average Bonchev–Trinajstić information content (AvgIpc) is 2.65. The molecule has 0 aliphatic carbocycles. The maximum absolute atomic E-state index is 9.52. The lowest BCUT2D eigenvalue weighted by Gasteiger charge is -2.15. The zero-order valence-electron chi connectivity index (χ0n) is 13.9. The van der Waals surface area contributed by atoms with E-state index in [0.29, 0.717) is 29.2 Å². The molecule has 2 rings (SSSR count). The van der Waals surface area contributed by atoms with Crippen LogP contribution in [-0.4, -0.2) is 21.3 Å². The topological polar surface area (TPSA) is 75.3 Å². The van der Waals surface area contributed by atoms with Gasteiger partial charge < -0.3 is 14.2 Å². The Morgan fingerprint density at radius 2 is 1.50 bits per heavy atom. The number of nitriles is 2. The van der Waals surface area contributed by atoms with Crippen molar-refractivity contribution in [2.24, 2.45) is 0 Å². The van der Waals surface area contributed by atoms with Crippen LogP contribution in [0.1, 0.15) is 22.6 Å². The molecule has 1 unspecified atom stereocenters. The number of methoxy groups -OCH3 is 3. The maximum Gasteiger partial charge on any atom is 0.203 e. The van der Waals surface area contributed by atoms with Crippen molar-refractivity contribution in [2.45, 2.75) is 12.3 Å². The molecule has 0 amide bonds. The second-order valence-electron chi connectivity index (χ2n) is 5.15. The highest BCUT2D eigenvalue weighted by molar-refractivity contribution is 5.54. The number of rotatable bonds is 6. The molecule has 0 fully saturated rings. The Morgan fingerprint density at radius 1 is 0.917 bits per heavy atom. The smallest absolute Gasteiger partial charge is 0.203 e. The predicted octanol–water partition coefficient (Wildman–Crippen LogP) is 3.43. The molecular formula is C19H18N2O3. The summed E-state index contributed by atoms with van der Waals surface area (Å²) in [7, 11) is 4.67. The predicted molar refractivity (Wildman–Crippen MR) is 89.3 cm³/mol. The summed E-state index contributed by atoms with van der Waals surface area (Å²) in [6, 6.07) is 15.1. The van der Waals surface area contributed by atoms with Crippen LogP contribution in [0.5, 0.6) is 17.2 Å². The van der Waals surface area contributed by atoms with E-state index in [1.807, 2.05) is 24.3 Å². The lowest BCUT2D eigenvalue weighted by Crippen LogP contribution is -2.03. The first-order chi connectivity index (χ1) is 11.7. The molecule has 1 atom stereocenters. The molecule has 5 heteroatoms. The molecule has 2 aromatic carbocycles. The minimum absolute atomic E-state index is 0.333. The van der Waals surface area contributed by atoms with Crippen LogP contribution in [0.15, 0.2) is 36.4 Å². The van der Waals surface area contributed by atoms with Gasteiger partial charge in [-0.15, -0.1) is 0 Å². The van der Waals surface area contributed by atoms with Gasteiger partial charge in [0, 0.05) is 0 Å². The summed E-state index contributed by atoms with van der Waals surface area (Å²) < 4.78 is 16.0. The van der Waals surface area contributed by atoms with Crippen LogP contribution in [0.25, 0.3) is 0 Å². The molecule has 0 saturated carbocycles. The SMILES string of the molecule is COc1cc(CC(C#N)c2ccc(C#N)cc2)cc(OC)c1OC. The van der Waals surface area contributed by atoms with Crippen LogP contribution in [0.2, 0.25) is 0 Å². The molecule has 0 N–H and O–H groups in total. The summed E-state index contributed by atoms with van der Waals surface area (Å²) in [5.74, 6) is 1.31. The molecule has 0 aliphatic heterocycles. The van der Waals surface area contributed by atoms with Crippen molar-refractivity contribution in [3.63, 3.8) is 0 Å². The van der Waals surface area contributed by atoms with Gasteiger partial charge in [-0.2, -0.15) is 10.5 Å². The Hall–Kier alpha value is -3.18. The van der Waals surface area contributed by atoms with Gasteiger partial charge in [-0.3, -0.25) is 0 Å². The molecule has 122 valence electrons. The molecule has 5 nitrogen and oxygen atoms in total. The first-order valence-electron chi connectivity index (χ1n) is 7.35. The first kappa shape index (κ1) is 17.2. The van der Waals surface area contributed by atoms with Gasteiger partial charge in [-0.1, -0.05) is 12.1 Å². The van der Waals surface area contributed by atoms with Crippen molar-refractivity contribution in [1.82, 2.24) is 0 Å². The van der Waals surface area contributed by atoms with Gasteiger partial charge in [0.15, 0.2) is 11.5 Å². The summed E-state index contributed by atoms with van der Waals surface area (Å²) in [4.78, 5) is 0. The molecule has 0 heterocycles. The van der Waals surface area contributed by atoms with Crippen molar-refractivity contribution < 1.29 is 14.2 Å². The second-order valence-corrected chi connectivity index (χ2v) is 5.15. The molecule has 0 bridgehead atoms. The van der Waals surface area contributed by atoms with Gasteiger partial charge in [0.2, 0.25) is 5.75 Å². The number of hydrogen-bond donors (Lipinski definition) is 0. The highest BCUT2D eigenvalue weighted by Gasteiger charge is 2.17. The van der Waals surface area contributed by atoms with Crippen LogP contribution < -0.4 is 14.2 Å². The number of hydrogen-bond acceptors (Lipinski definition) is 5. The van der Waals surface area contributed by atoms with E-state index in [-0.39, 0.29) is 5.92 Å². The van der Waals surface area contributed by atoms with Crippen LogP contribution >= 0.6 is 0 Å². The van der Waals surface area contributed by atoms with Gasteiger partial charge in [-0.25, -0.2) is 0 Å². The van der Waals surface area contributed by atoms with Crippen molar-refractivity contribution >= 4 is 0 Å². The minimum atomic E-state index is -0.333. The van der Waals surface area contributed by atoms with Crippen LogP contribution in [0, 0.1) is 22.7 Å². The lowest BCUT2D eigenvalue weighted by molar-refractivity contribution is 0.323. The van der Waals surface area contributed by atoms with E-state index in [9.17, 15) is 5.26 Å². The fraction of sp³-hybridized carbons (Fsp3) is 0.263. The molecule has 0 radical (unpaired) electrons. The Morgan fingerprint density at radius 3 is 1.92 bits per heavy atom. The second kappa shape index (κ2) is 7.89. The normalized spacial score (nSPS) is 11.0. The van der Waals surface area contributed by atoms with E-state index >= 15 is 0 Å². The molecule has 24 heavy (non-hydrogen) atoms. The van der Waals surface area contributed by atoms with Crippen molar-refractivity contribution in [3.8, 4) is 29.4 Å².